The fourth-order valence-electron chi connectivity index (χ4n) is 4.26. The highest BCUT2D eigenvalue weighted by Crippen LogP contribution is 2.38. The monoisotopic (exact) mass is 516 g/mol. The molecule has 188 valence electrons. The van der Waals surface area contributed by atoms with Crippen molar-refractivity contribution in [1.82, 2.24) is 15.0 Å². The summed E-state index contributed by atoms with van der Waals surface area (Å²) in [4.78, 5) is 27.9. The topological polar surface area (TPSA) is 115 Å². The van der Waals surface area contributed by atoms with Gasteiger partial charge in [-0.05, 0) is 30.3 Å². The molecule has 0 aliphatic carbocycles. The Morgan fingerprint density at radius 2 is 2.00 bits per heavy atom. The Kier molecular flexibility index (Phi) is 6.89. The number of halogens is 1. The molecule has 1 fully saturated rings. The molecule has 10 heteroatoms. The summed E-state index contributed by atoms with van der Waals surface area (Å²) in [6, 6.07) is 12.9. The van der Waals surface area contributed by atoms with Gasteiger partial charge < -0.3 is 25.4 Å². The molecule has 0 radical (unpaired) electrons. The first kappa shape index (κ1) is 24.5. The second kappa shape index (κ2) is 10.4. The minimum atomic E-state index is -0.643. The van der Waals surface area contributed by atoms with Gasteiger partial charge in [0.25, 0.3) is 0 Å². The van der Waals surface area contributed by atoms with Gasteiger partial charge in [0, 0.05) is 59.3 Å². The standard InChI is InChI=1S/C27H25ClN6O3/c1-16(26(29)35)19-4-3-9-30-25(19)23-20(28)7-5-17-15-31-27(33-24(17)23)32-21-8-6-18(14-22(21)36-2)34-10-12-37-13-11-34/h3-9,14-15H,1,10-13H2,2H3,(H2,29,35)(H,31,32,33). The zero-order chi connectivity index (χ0) is 25.9. The first-order valence-corrected chi connectivity index (χ1v) is 12.0. The predicted molar refractivity (Wildman–Crippen MR) is 145 cm³/mol. The molecule has 1 aliphatic heterocycles. The first-order valence-electron chi connectivity index (χ1n) is 11.6. The van der Waals surface area contributed by atoms with Crippen molar-refractivity contribution in [2.75, 3.05) is 43.6 Å². The highest BCUT2D eigenvalue weighted by molar-refractivity contribution is 6.35. The Hall–Kier alpha value is -4.21. The fourth-order valence-corrected chi connectivity index (χ4v) is 4.50. The van der Waals surface area contributed by atoms with Gasteiger partial charge in [0.05, 0.1) is 42.2 Å². The molecule has 1 saturated heterocycles. The lowest BCUT2D eigenvalue weighted by molar-refractivity contribution is -0.112. The van der Waals surface area contributed by atoms with E-state index in [1.807, 2.05) is 24.3 Å². The number of primary amides is 1. The molecule has 0 spiro atoms. The third-order valence-electron chi connectivity index (χ3n) is 6.18. The summed E-state index contributed by atoms with van der Waals surface area (Å²) in [5.74, 6) is 0.360. The summed E-state index contributed by atoms with van der Waals surface area (Å²) in [7, 11) is 1.62. The highest BCUT2D eigenvalue weighted by atomic mass is 35.5. The maximum absolute atomic E-state index is 11.9. The average molecular weight is 517 g/mol. The maximum atomic E-state index is 11.9. The van der Waals surface area contributed by atoms with Crippen molar-refractivity contribution >= 4 is 51.3 Å². The SMILES string of the molecule is C=C(C(N)=O)c1cccnc1-c1c(Cl)ccc2cnc(Nc3ccc(N4CCOCC4)cc3OC)nc12. The molecular weight excluding hydrogens is 492 g/mol. The first-order chi connectivity index (χ1) is 18.0. The minimum Gasteiger partial charge on any atom is -0.494 e. The fraction of sp³-hybridized carbons (Fsp3) is 0.185. The van der Waals surface area contributed by atoms with E-state index in [-0.39, 0.29) is 5.57 Å². The number of anilines is 3. The average Bonchev–Trinajstić information content (AvgIpc) is 2.93. The summed E-state index contributed by atoms with van der Waals surface area (Å²) >= 11 is 6.65. The predicted octanol–water partition coefficient (Wildman–Crippen LogP) is 4.43. The van der Waals surface area contributed by atoms with Crippen LogP contribution in [-0.2, 0) is 9.53 Å². The van der Waals surface area contributed by atoms with Crippen molar-refractivity contribution < 1.29 is 14.3 Å². The van der Waals surface area contributed by atoms with Crippen LogP contribution in [0, 0.1) is 0 Å². The van der Waals surface area contributed by atoms with Crippen molar-refractivity contribution in [3.63, 3.8) is 0 Å². The van der Waals surface area contributed by atoms with E-state index in [4.69, 9.17) is 31.8 Å². The van der Waals surface area contributed by atoms with Gasteiger partial charge in [0.2, 0.25) is 11.9 Å². The molecule has 0 saturated carbocycles. The largest absolute Gasteiger partial charge is 0.494 e. The van der Waals surface area contributed by atoms with E-state index in [2.05, 4.69) is 26.8 Å². The molecule has 3 N–H and O–H groups in total. The summed E-state index contributed by atoms with van der Waals surface area (Å²) < 4.78 is 11.1. The van der Waals surface area contributed by atoms with Crippen LogP contribution in [0.4, 0.5) is 17.3 Å². The number of rotatable bonds is 7. The van der Waals surface area contributed by atoms with Gasteiger partial charge in [0.15, 0.2) is 0 Å². The van der Waals surface area contributed by atoms with Crippen molar-refractivity contribution in [3.8, 4) is 17.0 Å². The highest BCUT2D eigenvalue weighted by Gasteiger charge is 2.20. The molecule has 37 heavy (non-hydrogen) atoms. The number of hydrogen-bond donors (Lipinski definition) is 2. The Balaban J connectivity index is 1.55. The van der Waals surface area contributed by atoms with Crippen LogP contribution in [0.15, 0.2) is 61.4 Å². The number of nitrogens with zero attached hydrogens (tertiary/aromatic N) is 4. The summed E-state index contributed by atoms with van der Waals surface area (Å²) in [5, 5.41) is 4.42. The van der Waals surface area contributed by atoms with E-state index in [0.717, 1.165) is 24.2 Å². The Bertz CT molecular complexity index is 1500. The van der Waals surface area contributed by atoms with Crippen molar-refractivity contribution in [3.05, 3.63) is 72.0 Å². The number of amides is 1. The lowest BCUT2D eigenvalue weighted by Gasteiger charge is -2.29. The molecule has 0 atom stereocenters. The minimum absolute atomic E-state index is 0.133. The third-order valence-corrected chi connectivity index (χ3v) is 6.49. The molecule has 0 bridgehead atoms. The van der Waals surface area contributed by atoms with Crippen LogP contribution in [0.2, 0.25) is 5.02 Å². The zero-order valence-corrected chi connectivity index (χ0v) is 21.0. The number of pyridine rings is 1. The van der Waals surface area contributed by atoms with E-state index in [9.17, 15) is 4.79 Å². The van der Waals surface area contributed by atoms with Gasteiger partial charge in [-0.25, -0.2) is 9.97 Å². The number of methoxy groups -OCH3 is 1. The molecule has 1 aliphatic rings. The van der Waals surface area contributed by atoms with Gasteiger partial charge >= 0.3 is 0 Å². The van der Waals surface area contributed by atoms with E-state index >= 15 is 0 Å². The van der Waals surface area contributed by atoms with Gasteiger partial charge in [0.1, 0.15) is 5.75 Å². The van der Waals surface area contributed by atoms with E-state index in [1.165, 1.54) is 0 Å². The van der Waals surface area contributed by atoms with Crippen LogP contribution >= 0.6 is 11.6 Å². The Labute approximate surface area is 218 Å². The molecule has 2 aromatic carbocycles. The third kappa shape index (κ3) is 4.91. The van der Waals surface area contributed by atoms with Gasteiger partial charge in [-0.1, -0.05) is 24.2 Å². The normalized spacial score (nSPS) is 13.4. The summed E-state index contributed by atoms with van der Waals surface area (Å²) in [6.07, 6.45) is 3.31. The van der Waals surface area contributed by atoms with Crippen molar-refractivity contribution in [2.24, 2.45) is 5.73 Å². The number of nitrogens with two attached hydrogens (primary N) is 1. The van der Waals surface area contributed by atoms with Crippen LogP contribution < -0.4 is 20.7 Å². The van der Waals surface area contributed by atoms with Crippen LogP contribution in [0.3, 0.4) is 0 Å². The second-order valence-electron chi connectivity index (χ2n) is 8.41. The van der Waals surface area contributed by atoms with Crippen LogP contribution in [-0.4, -0.2) is 54.3 Å². The molecule has 4 aromatic rings. The lowest BCUT2D eigenvalue weighted by Crippen LogP contribution is -2.36. The maximum Gasteiger partial charge on any atom is 0.248 e. The van der Waals surface area contributed by atoms with E-state index in [1.54, 1.807) is 37.7 Å². The molecule has 5 rings (SSSR count). The van der Waals surface area contributed by atoms with E-state index in [0.29, 0.717) is 58.0 Å². The molecule has 1 amide bonds. The number of aromatic nitrogens is 3. The number of carbonyl (C=O) groups excluding carboxylic acids is 1. The van der Waals surface area contributed by atoms with Gasteiger partial charge in [-0.15, -0.1) is 0 Å². The molecule has 3 heterocycles. The summed E-state index contributed by atoms with van der Waals surface area (Å²) in [6.45, 7) is 6.87. The number of benzene rings is 2. The van der Waals surface area contributed by atoms with Crippen molar-refractivity contribution in [1.29, 1.82) is 0 Å². The number of ether oxygens (including phenoxy) is 2. The Morgan fingerprint density at radius 1 is 1.19 bits per heavy atom. The quantitative estimate of drug-likeness (QED) is 0.346. The molecule has 0 unspecified atom stereocenters. The number of nitrogens with one attached hydrogen (secondary N) is 1. The Morgan fingerprint density at radius 3 is 2.76 bits per heavy atom. The number of fused-ring (bicyclic) bond motifs is 1. The van der Waals surface area contributed by atoms with Gasteiger partial charge in [-0.3, -0.25) is 9.78 Å². The summed E-state index contributed by atoms with van der Waals surface area (Å²) in [5.41, 5.74) is 9.46. The lowest BCUT2D eigenvalue weighted by atomic mass is 9.98. The molecular formula is C27H25ClN6O3. The second-order valence-corrected chi connectivity index (χ2v) is 8.81. The van der Waals surface area contributed by atoms with Crippen LogP contribution in [0.25, 0.3) is 27.7 Å². The molecule has 9 nitrogen and oxygen atoms in total. The number of morpholine rings is 1. The van der Waals surface area contributed by atoms with Crippen LogP contribution in [0.1, 0.15) is 5.56 Å². The smallest absolute Gasteiger partial charge is 0.248 e. The van der Waals surface area contributed by atoms with Crippen molar-refractivity contribution in [2.45, 2.75) is 0 Å². The zero-order valence-electron chi connectivity index (χ0n) is 20.2. The van der Waals surface area contributed by atoms with Crippen LogP contribution in [0.5, 0.6) is 5.75 Å². The molecule has 2 aromatic heterocycles. The number of carbonyl (C=O) groups is 1. The van der Waals surface area contributed by atoms with E-state index < -0.39 is 5.91 Å². The van der Waals surface area contributed by atoms with Gasteiger partial charge in [-0.2, -0.15) is 0 Å². The number of hydrogen-bond acceptors (Lipinski definition) is 8.